The number of aryl methyl sites for hydroxylation is 1. The number of rotatable bonds is 6. The number of carbonyl (C=O) groups is 1. The highest BCUT2D eigenvalue weighted by Gasteiger charge is 2.30. The third kappa shape index (κ3) is 5.31. The summed E-state index contributed by atoms with van der Waals surface area (Å²) < 4.78 is 45.4. The molecular formula is C22H17F3N4O3. The summed E-state index contributed by atoms with van der Waals surface area (Å²) in [6.07, 6.45) is -4.55. The number of nitrogens with zero attached hydrogens (tertiary/aromatic N) is 3. The molecule has 32 heavy (non-hydrogen) atoms. The fraction of sp³-hybridized carbons (Fsp3) is 0.182. The molecule has 0 unspecified atom stereocenters. The van der Waals surface area contributed by atoms with Gasteiger partial charge in [0.15, 0.2) is 12.3 Å². The molecule has 1 N–H and O–H groups in total. The first kappa shape index (κ1) is 22.6. The lowest BCUT2D eigenvalue weighted by Crippen LogP contribution is -2.31. The highest BCUT2D eigenvalue weighted by atomic mass is 19.4. The zero-order chi connectivity index (χ0) is 23.3. The van der Waals surface area contributed by atoms with Gasteiger partial charge in [0.1, 0.15) is 11.8 Å². The van der Waals surface area contributed by atoms with Crippen LogP contribution in [0.25, 0.3) is 5.69 Å². The number of halogens is 3. The first-order valence-corrected chi connectivity index (χ1v) is 9.34. The number of nitriles is 1. The summed E-state index contributed by atoms with van der Waals surface area (Å²) >= 11 is 0. The minimum atomic E-state index is -4.55. The Bertz CT molecular complexity index is 1250. The van der Waals surface area contributed by atoms with Crippen LogP contribution in [0.4, 0.5) is 13.2 Å². The fourth-order valence-corrected chi connectivity index (χ4v) is 2.91. The van der Waals surface area contributed by atoms with Gasteiger partial charge < -0.3 is 10.1 Å². The van der Waals surface area contributed by atoms with Gasteiger partial charge in [0.25, 0.3) is 5.91 Å². The van der Waals surface area contributed by atoms with E-state index in [9.17, 15) is 22.8 Å². The van der Waals surface area contributed by atoms with E-state index >= 15 is 0 Å². The number of hydrogen-bond donors (Lipinski definition) is 1. The second-order valence-corrected chi connectivity index (χ2v) is 6.74. The smallest absolute Gasteiger partial charge is 0.416 e. The van der Waals surface area contributed by atoms with Crippen LogP contribution in [0.2, 0.25) is 0 Å². The number of nitrogens with one attached hydrogen (secondary N) is 1. The van der Waals surface area contributed by atoms with Crippen molar-refractivity contribution in [1.29, 1.82) is 5.26 Å². The van der Waals surface area contributed by atoms with Crippen LogP contribution >= 0.6 is 0 Å². The number of aromatic nitrogens is 2. The molecule has 0 fully saturated rings. The Labute approximate surface area is 180 Å². The van der Waals surface area contributed by atoms with Crippen molar-refractivity contribution >= 4 is 5.91 Å². The molecule has 0 aliphatic rings. The summed E-state index contributed by atoms with van der Waals surface area (Å²) in [4.78, 5) is 24.9. The molecule has 164 valence electrons. The van der Waals surface area contributed by atoms with Crippen LogP contribution in [-0.4, -0.2) is 22.3 Å². The lowest BCUT2D eigenvalue weighted by Gasteiger charge is -2.13. The topological polar surface area (TPSA) is 97.0 Å². The van der Waals surface area contributed by atoms with Crippen molar-refractivity contribution in [3.63, 3.8) is 0 Å². The van der Waals surface area contributed by atoms with Crippen LogP contribution in [-0.2, 0) is 12.7 Å². The Morgan fingerprint density at radius 1 is 1.19 bits per heavy atom. The fourth-order valence-electron chi connectivity index (χ4n) is 2.91. The van der Waals surface area contributed by atoms with Crippen LogP contribution in [0.15, 0.2) is 59.4 Å². The van der Waals surface area contributed by atoms with Crippen molar-refractivity contribution in [2.24, 2.45) is 0 Å². The number of benzene rings is 2. The molecule has 1 aromatic heterocycles. The average molecular weight is 442 g/mol. The molecular weight excluding hydrogens is 425 g/mol. The minimum Gasteiger partial charge on any atom is -0.479 e. The standard InChI is InChI=1S/C22H17F3N4O3/c1-14-10-19(30)20(28-29(14)17-6-3-5-16(12-17)22(23,24)25)21(31)27-13-15-4-2-7-18(11-15)32-9-8-26/h2-7,10-12H,9,13H2,1H3,(H,27,31). The van der Waals surface area contributed by atoms with Gasteiger partial charge in [-0.2, -0.15) is 23.5 Å². The molecule has 3 aromatic rings. The van der Waals surface area contributed by atoms with Crippen molar-refractivity contribution in [2.45, 2.75) is 19.6 Å². The van der Waals surface area contributed by atoms with E-state index in [1.165, 1.54) is 19.1 Å². The molecule has 0 bridgehead atoms. The minimum absolute atomic E-state index is 0.0428. The molecule has 0 saturated heterocycles. The van der Waals surface area contributed by atoms with Crippen molar-refractivity contribution in [2.75, 3.05) is 6.61 Å². The van der Waals surface area contributed by atoms with Crippen LogP contribution in [0, 0.1) is 18.3 Å². The van der Waals surface area contributed by atoms with E-state index in [-0.39, 0.29) is 24.5 Å². The van der Waals surface area contributed by atoms with Gasteiger partial charge in [-0.25, -0.2) is 4.68 Å². The lowest BCUT2D eigenvalue weighted by atomic mass is 10.2. The summed E-state index contributed by atoms with van der Waals surface area (Å²) in [5, 5.41) is 15.1. The lowest BCUT2D eigenvalue weighted by molar-refractivity contribution is -0.137. The predicted molar refractivity (Wildman–Crippen MR) is 108 cm³/mol. The van der Waals surface area contributed by atoms with Crippen molar-refractivity contribution in [1.82, 2.24) is 15.1 Å². The Hall–Kier alpha value is -4.13. The molecule has 1 amide bonds. The number of carbonyl (C=O) groups excluding carboxylic acids is 1. The zero-order valence-corrected chi connectivity index (χ0v) is 16.8. The number of alkyl halides is 3. The van der Waals surface area contributed by atoms with Gasteiger partial charge in [0.05, 0.1) is 11.3 Å². The maximum atomic E-state index is 13.0. The molecule has 1 heterocycles. The van der Waals surface area contributed by atoms with Gasteiger partial charge in [0, 0.05) is 18.3 Å². The largest absolute Gasteiger partial charge is 0.479 e. The van der Waals surface area contributed by atoms with Gasteiger partial charge in [-0.15, -0.1) is 0 Å². The second-order valence-electron chi connectivity index (χ2n) is 6.74. The number of hydrogen-bond acceptors (Lipinski definition) is 5. The van der Waals surface area contributed by atoms with Gasteiger partial charge in [-0.05, 0) is 42.8 Å². The molecule has 0 atom stereocenters. The third-order valence-corrected chi connectivity index (χ3v) is 4.40. The van der Waals surface area contributed by atoms with Gasteiger partial charge in [0.2, 0.25) is 5.43 Å². The Balaban J connectivity index is 1.84. The Kier molecular flexibility index (Phi) is 6.59. The van der Waals surface area contributed by atoms with Crippen LogP contribution in [0.1, 0.15) is 27.3 Å². The highest BCUT2D eigenvalue weighted by molar-refractivity contribution is 5.92. The average Bonchev–Trinajstić information content (AvgIpc) is 2.76. The molecule has 0 aliphatic carbocycles. The highest BCUT2D eigenvalue weighted by Crippen LogP contribution is 2.30. The predicted octanol–water partition coefficient (Wildman–Crippen LogP) is 3.39. The molecule has 2 aromatic carbocycles. The summed E-state index contributed by atoms with van der Waals surface area (Å²) in [5.74, 6) is -0.335. The van der Waals surface area contributed by atoms with Crippen molar-refractivity contribution in [3.8, 4) is 17.5 Å². The molecule has 10 heteroatoms. The monoisotopic (exact) mass is 442 g/mol. The van der Waals surface area contributed by atoms with Crippen LogP contribution in [0.5, 0.6) is 5.75 Å². The summed E-state index contributed by atoms with van der Waals surface area (Å²) in [5.41, 5.74) is -1.00. The Morgan fingerprint density at radius 2 is 1.94 bits per heavy atom. The van der Waals surface area contributed by atoms with E-state index in [1.807, 2.05) is 6.07 Å². The second kappa shape index (κ2) is 9.34. The summed E-state index contributed by atoms with van der Waals surface area (Å²) in [6, 6.07) is 14.1. The SMILES string of the molecule is Cc1cc(=O)c(C(=O)NCc2cccc(OCC#N)c2)nn1-c1cccc(C(F)(F)F)c1. The third-order valence-electron chi connectivity index (χ3n) is 4.40. The Morgan fingerprint density at radius 3 is 2.66 bits per heavy atom. The van der Waals surface area contributed by atoms with Crippen molar-refractivity contribution in [3.05, 3.63) is 87.3 Å². The van der Waals surface area contributed by atoms with Crippen molar-refractivity contribution < 1.29 is 22.7 Å². The molecule has 0 spiro atoms. The van der Waals surface area contributed by atoms with E-state index in [2.05, 4.69) is 10.4 Å². The van der Waals surface area contributed by atoms with E-state index < -0.39 is 28.8 Å². The molecule has 0 radical (unpaired) electrons. The van der Waals surface area contributed by atoms with E-state index in [0.29, 0.717) is 11.3 Å². The maximum Gasteiger partial charge on any atom is 0.416 e. The van der Waals surface area contributed by atoms with Crippen LogP contribution in [0.3, 0.4) is 0 Å². The quantitative estimate of drug-likeness (QED) is 0.631. The van der Waals surface area contributed by atoms with Gasteiger partial charge >= 0.3 is 6.18 Å². The number of ether oxygens (including phenoxy) is 1. The molecule has 0 saturated carbocycles. The van der Waals surface area contributed by atoms with E-state index in [4.69, 9.17) is 10.00 Å². The normalized spacial score (nSPS) is 11.0. The first-order valence-electron chi connectivity index (χ1n) is 9.34. The van der Waals surface area contributed by atoms with E-state index in [0.717, 1.165) is 22.9 Å². The number of amides is 1. The maximum absolute atomic E-state index is 13.0. The van der Waals surface area contributed by atoms with E-state index in [1.54, 1.807) is 24.3 Å². The molecule has 3 rings (SSSR count). The summed E-state index contributed by atoms with van der Waals surface area (Å²) in [6.45, 7) is 1.42. The van der Waals surface area contributed by atoms with Gasteiger partial charge in [-0.1, -0.05) is 18.2 Å². The van der Waals surface area contributed by atoms with Gasteiger partial charge in [-0.3, -0.25) is 9.59 Å². The summed E-state index contributed by atoms with van der Waals surface area (Å²) in [7, 11) is 0. The first-order chi connectivity index (χ1) is 15.2. The molecule has 7 nitrogen and oxygen atoms in total. The molecule has 0 aliphatic heterocycles. The van der Waals surface area contributed by atoms with Crippen LogP contribution < -0.4 is 15.5 Å². The zero-order valence-electron chi connectivity index (χ0n) is 16.8.